The van der Waals surface area contributed by atoms with E-state index in [1.807, 2.05) is 30.3 Å². The Labute approximate surface area is 177 Å². The number of allylic oxidation sites excluding steroid dienone is 1. The third-order valence-electron chi connectivity index (χ3n) is 4.68. The average Bonchev–Trinajstić information content (AvgIpc) is 2.77. The summed E-state index contributed by atoms with van der Waals surface area (Å²) in [6, 6.07) is 17.9. The SMILES string of the molecule is COc1ccnc(/C=C/C(=O)c2c(-c3ccccc3)c3cc(Cl)ccc3[nH]c2=O)c1. The molecular weight excluding hydrogens is 400 g/mol. The number of aromatic amines is 1. The number of rotatable bonds is 5. The van der Waals surface area contributed by atoms with Crippen LogP contribution in [0, 0.1) is 0 Å². The van der Waals surface area contributed by atoms with Crippen LogP contribution in [0.5, 0.6) is 5.75 Å². The molecule has 4 aromatic rings. The van der Waals surface area contributed by atoms with Gasteiger partial charge in [0.1, 0.15) is 5.75 Å². The Kier molecular flexibility index (Phi) is 5.46. The Morgan fingerprint density at radius 3 is 2.67 bits per heavy atom. The average molecular weight is 417 g/mol. The van der Waals surface area contributed by atoms with Crippen molar-refractivity contribution in [2.45, 2.75) is 0 Å². The molecule has 148 valence electrons. The molecule has 0 radical (unpaired) electrons. The van der Waals surface area contributed by atoms with E-state index in [2.05, 4.69) is 9.97 Å². The molecule has 0 spiro atoms. The second-order valence-corrected chi connectivity index (χ2v) is 7.01. The predicted molar refractivity (Wildman–Crippen MR) is 119 cm³/mol. The van der Waals surface area contributed by atoms with Crippen molar-refractivity contribution in [2.24, 2.45) is 0 Å². The van der Waals surface area contributed by atoms with Crippen LogP contribution in [0.25, 0.3) is 28.1 Å². The summed E-state index contributed by atoms with van der Waals surface area (Å²) in [7, 11) is 1.56. The first-order valence-electron chi connectivity index (χ1n) is 9.20. The van der Waals surface area contributed by atoms with Gasteiger partial charge in [-0.3, -0.25) is 14.6 Å². The van der Waals surface area contributed by atoms with Gasteiger partial charge in [-0.2, -0.15) is 0 Å². The second kappa shape index (κ2) is 8.35. The topological polar surface area (TPSA) is 72.0 Å². The maximum Gasteiger partial charge on any atom is 0.260 e. The Morgan fingerprint density at radius 2 is 1.90 bits per heavy atom. The zero-order valence-corrected chi connectivity index (χ0v) is 16.8. The van der Waals surface area contributed by atoms with Crippen LogP contribution in [-0.2, 0) is 0 Å². The Morgan fingerprint density at radius 1 is 1.10 bits per heavy atom. The van der Waals surface area contributed by atoms with E-state index in [0.29, 0.717) is 32.9 Å². The van der Waals surface area contributed by atoms with E-state index in [4.69, 9.17) is 16.3 Å². The molecule has 0 fully saturated rings. The molecule has 5 nitrogen and oxygen atoms in total. The number of pyridine rings is 2. The molecule has 4 rings (SSSR count). The number of H-pyrrole nitrogens is 1. The second-order valence-electron chi connectivity index (χ2n) is 6.58. The fourth-order valence-electron chi connectivity index (χ4n) is 3.30. The molecule has 0 saturated heterocycles. The lowest BCUT2D eigenvalue weighted by atomic mass is 9.94. The lowest BCUT2D eigenvalue weighted by Gasteiger charge is -2.11. The molecule has 0 aliphatic rings. The maximum absolute atomic E-state index is 13.1. The number of fused-ring (bicyclic) bond motifs is 1. The maximum atomic E-state index is 13.1. The molecule has 0 amide bonds. The van der Waals surface area contributed by atoms with Crippen LogP contribution >= 0.6 is 11.6 Å². The lowest BCUT2D eigenvalue weighted by molar-refractivity contribution is 0.104. The van der Waals surface area contributed by atoms with Gasteiger partial charge >= 0.3 is 0 Å². The van der Waals surface area contributed by atoms with Gasteiger partial charge in [0.2, 0.25) is 0 Å². The van der Waals surface area contributed by atoms with Gasteiger partial charge < -0.3 is 9.72 Å². The zero-order valence-electron chi connectivity index (χ0n) is 16.1. The number of ether oxygens (including phenoxy) is 1. The summed E-state index contributed by atoms with van der Waals surface area (Å²) in [4.78, 5) is 33.0. The predicted octanol–water partition coefficient (Wildman–Crippen LogP) is 5.15. The highest BCUT2D eigenvalue weighted by molar-refractivity contribution is 6.31. The van der Waals surface area contributed by atoms with Gasteiger partial charge in [0.25, 0.3) is 5.56 Å². The first kappa shape index (κ1) is 19.6. The molecular formula is C24H17ClN2O3. The van der Waals surface area contributed by atoms with E-state index in [1.54, 1.807) is 49.7 Å². The summed E-state index contributed by atoms with van der Waals surface area (Å²) in [5.41, 5.74) is 2.05. The summed E-state index contributed by atoms with van der Waals surface area (Å²) >= 11 is 6.21. The van der Waals surface area contributed by atoms with Crippen molar-refractivity contribution in [1.82, 2.24) is 9.97 Å². The number of methoxy groups -OCH3 is 1. The molecule has 0 aliphatic heterocycles. The number of halogens is 1. The van der Waals surface area contributed by atoms with Crippen molar-refractivity contribution in [3.8, 4) is 16.9 Å². The van der Waals surface area contributed by atoms with Crippen molar-refractivity contribution in [3.63, 3.8) is 0 Å². The van der Waals surface area contributed by atoms with E-state index >= 15 is 0 Å². The van der Waals surface area contributed by atoms with E-state index < -0.39 is 11.3 Å². The van der Waals surface area contributed by atoms with E-state index in [9.17, 15) is 9.59 Å². The third-order valence-corrected chi connectivity index (χ3v) is 4.91. The van der Waals surface area contributed by atoms with Crippen LogP contribution in [0.15, 0.2) is 77.7 Å². The number of benzene rings is 2. The third kappa shape index (κ3) is 3.88. The first-order valence-corrected chi connectivity index (χ1v) is 9.58. The summed E-state index contributed by atoms with van der Waals surface area (Å²) in [5, 5.41) is 1.21. The van der Waals surface area contributed by atoms with Gasteiger partial charge in [-0.05, 0) is 42.0 Å². The van der Waals surface area contributed by atoms with Gasteiger partial charge in [-0.1, -0.05) is 41.9 Å². The molecule has 30 heavy (non-hydrogen) atoms. The quantitative estimate of drug-likeness (QED) is 0.361. The first-order chi connectivity index (χ1) is 14.6. The smallest absolute Gasteiger partial charge is 0.260 e. The van der Waals surface area contributed by atoms with Gasteiger partial charge in [-0.15, -0.1) is 0 Å². The molecule has 2 aromatic heterocycles. The number of nitrogens with zero attached hydrogens (tertiary/aromatic N) is 1. The number of ketones is 1. The van der Waals surface area contributed by atoms with Gasteiger partial charge in [0, 0.05) is 33.8 Å². The van der Waals surface area contributed by atoms with Gasteiger partial charge in [0.15, 0.2) is 5.78 Å². The Hall–Kier alpha value is -3.70. The number of carbonyl (C=O) groups excluding carboxylic acids is 1. The largest absolute Gasteiger partial charge is 0.497 e. The highest BCUT2D eigenvalue weighted by atomic mass is 35.5. The van der Waals surface area contributed by atoms with Crippen molar-refractivity contribution >= 4 is 34.4 Å². The molecule has 0 bridgehead atoms. The number of aromatic nitrogens is 2. The van der Waals surface area contributed by atoms with Crippen molar-refractivity contribution in [3.05, 3.63) is 99.6 Å². The van der Waals surface area contributed by atoms with E-state index in [1.165, 1.54) is 6.08 Å². The molecule has 1 N–H and O–H groups in total. The van der Waals surface area contributed by atoms with E-state index in [-0.39, 0.29) is 5.56 Å². The van der Waals surface area contributed by atoms with Crippen LogP contribution in [0.4, 0.5) is 0 Å². The van der Waals surface area contributed by atoms with Gasteiger partial charge in [0.05, 0.1) is 18.4 Å². The summed E-state index contributed by atoms with van der Waals surface area (Å²) in [6.45, 7) is 0. The summed E-state index contributed by atoms with van der Waals surface area (Å²) in [5.74, 6) is 0.196. The lowest BCUT2D eigenvalue weighted by Crippen LogP contribution is -2.18. The highest BCUT2D eigenvalue weighted by Crippen LogP contribution is 2.31. The molecule has 0 aliphatic carbocycles. The molecule has 2 aromatic carbocycles. The van der Waals surface area contributed by atoms with Crippen LogP contribution in [-0.4, -0.2) is 22.9 Å². The summed E-state index contributed by atoms with van der Waals surface area (Å²) in [6.07, 6.45) is 4.49. The fourth-order valence-corrected chi connectivity index (χ4v) is 3.47. The van der Waals surface area contributed by atoms with E-state index in [0.717, 1.165) is 5.56 Å². The molecule has 2 heterocycles. The van der Waals surface area contributed by atoms with Crippen LogP contribution in [0.1, 0.15) is 16.1 Å². The normalized spacial score (nSPS) is 11.1. The fraction of sp³-hybridized carbons (Fsp3) is 0.0417. The number of carbonyl (C=O) groups is 1. The highest BCUT2D eigenvalue weighted by Gasteiger charge is 2.19. The van der Waals surface area contributed by atoms with Crippen LogP contribution in [0.2, 0.25) is 5.02 Å². The van der Waals surface area contributed by atoms with Crippen molar-refractivity contribution in [2.75, 3.05) is 7.11 Å². The number of nitrogens with one attached hydrogen (secondary N) is 1. The van der Waals surface area contributed by atoms with Crippen LogP contribution in [0.3, 0.4) is 0 Å². The zero-order chi connectivity index (χ0) is 21.1. The molecule has 0 unspecified atom stereocenters. The minimum Gasteiger partial charge on any atom is -0.497 e. The number of hydrogen-bond acceptors (Lipinski definition) is 4. The molecule has 0 saturated carbocycles. The number of hydrogen-bond donors (Lipinski definition) is 1. The van der Waals surface area contributed by atoms with Crippen LogP contribution < -0.4 is 10.3 Å². The van der Waals surface area contributed by atoms with Gasteiger partial charge in [-0.25, -0.2) is 0 Å². The van der Waals surface area contributed by atoms with Crippen molar-refractivity contribution < 1.29 is 9.53 Å². The monoisotopic (exact) mass is 416 g/mol. The Balaban J connectivity index is 1.89. The van der Waals surface area contributed by atoms with Crippen molar-refractivity contribution in [1.29, 1.82) is 0 Å². The molecule has 6 heteroatoms. The Bertz CT molecular complexity index is 1330. The molecule has 0 atom stereocenters. The minimum absolute atomic E-state index is 0.0510. The minimum atomic E-state index is -0.461. The standard InChI is InChI=1S/C24H17ClN2O3/c1-30-18-11-12-26-17(14-18)8-10-21(28)23-22(15-5-3-2-4-6-15)19-13-16(25)7-9-20(19)27-24(23)29/h2-14H,1H3,(H,27,29)/b10-8+. The summed E-state index contributed by atoms with van der Waals surface area (Å²) < 4.78 is 5.18.